The average molecular weight is 437 g/mol. The molecule has 1 aliphatic heterocycles. The van der Waals surface area contributed by atoms with Gasteiger partial charge >= 0.3 is 6.18 Å². The third-order valence-electron chi connectivity index (χ3n) is 4.39. The van der Waals surface area contributed by atoms with Crippen molar-refractivity contribution in [3.8, 4) is 0 Å². The van der Waals surface area contributed by atoms with Gasteiger partial charge in [-0.15, -0.1) is 0 Å². The molecular weight excluding hydrogens is 396 g/mol. The fraction of sp³-hybridized carbons (Fsp3) is 0.696. The van der Waals surface area contributed by atoms with Gasteiger partial charge in [0, 0.05) is 6.04 Å². The lowest BCUT2D eigenvalue weighted by Gasteiger charge is -2.27. The molecule has 2 N–H and O–H groups in total. The molecule has 1 heterocycles. The smallest absolute Gasteiger partial charge is 0.350 e. The van der Waals surface area contributed by atoms with Crippen LogP contribution in [0.2, 0.25) is 0 Å². The van der Waals surface area contributed by atoms with E-state index in [1.807, 2.05) is 27.7 Å². The summed E-state index contributed by atoms with van der Waals surface area (Å²) < 4.78 is 52.7. The number of hydrogen-bond acceptors (Lipinski definition) is 2. The molecule has 1 aliphatic rings. The predicted octanol–water partition coefficient (Wildman–Crippen LogP) is 6.70. The molecule has 0 bridgehead atoms. The van der Waals surface area contributed by atoms with Crippen LogP contribution in [-0.2, 0) is 22.2 Å². The molecule has 7 heteroatoms. The van der Waals surface area contributed by atoms with E-state index in [4.69, 9.17) is 0 Å². The third kappa shape index (κ3) is 11.0. The van der Waals surface area contributed by atoms with Crippen molar-refractivity contribution in [2.24, 2.45) is 0 Å². The number of carbonyl (C=O) groups is 1. The molecule has 0 spiro atoms. The lowest BCUT2D eigenvalue weighted by atomic mass is 9.87. The first-order valence-corrected chi connectivity index (χ1v) is 10.6. The summed E-state index contributed by atoms with van der Waals surface area (Å²) in [6.45, 7) is 16.9. The van der Waals surface area contributed by atoms with E-state index in [0.29, 0.717) is 6.41 Å². The van der Waals surface area contributed by atoms with Crippen molar-refractivity contribution < 1.29 is 22.4 Å². The first kappa shape index (κ1) is 30.6. The van der Waals surface area contributed by atoms with E-state index in [1.54, 1.807) is 13.8 Å². The Bertz CT molecular complexity index is 570. The molecule has 1 atom stereocenters. The van der Waals surface area contributed by atoms with Gasteiger partial charge in [-0.3, -0.25) is 4.79 Å². The van der Waals surface area contributed by atoms with Gasteiger partial charge in [0.1, 0.15) is 5.67 Å². The monoisotopic (exact) mass is 436 g/mol. The van der Waals surface area contributed by atoms with Gasteiger partial charge < -0.3 is 10.6 Å². The minimum absolute atomic E-state index is 0.0805. The summed E-state index contributed by atoms with van der Waals surface area (Å²) in [7, 11) is 0. The maximum Gasteiger partial charge on any atom is 0.416 e. The van der Waals surface area contributed by atoms with E-state index in [0.717, 1.165) is 18.2 Å². The maximum absolute atomic E-state index is 14.0. The molecule has 30 heavy (non-hydrogen) atoms. The van der Waals surface area contributed by atoms with Gasteiger partial charge in [0.2, 0.25) is 6.41 Å². The van der Waals surface area contributed by atoms with Crippen LogP contribution in [0.3, 0.4) is 0 Å². The highest BCUT2D eigenvalue weighted by Crippen LogP contribution is 2.36. The standard InChI is InChI=1S/C14H17F4NO.C5H11N.2C2H6/c1-12(2,15)9-5-10(13(3,4)19-8-20)7-11(6-9)14(16,17)18;1-5-3-2-4-6-5;2*1-2/h5-8H,1-4H3,(H,19,20);5-6H,2-4H2,1H3;2*1-2H3. The highest BCUT2D eigenvalue weighted by molar-refractivity contribution is 5.50. The molecule has 0 saturated carbocycles. The van der Waals surface area contributed by atoms with Gasteiger partial charge in [0.05, 0.1) is 11.1 Å². The van der Waals surface area contributed by atoms with Gasteiger partial charge in [-0.2, -0.15) is 13.2 Å². The van der Waals surface area contributed by atoms with Crippen molar-refractivity contribution in [1.29, 1.82) is 0 Å². The number of hydrogen-bond donors (Lipinski definition) is 2. The van der Waals surface area contributed by atoms with Crippen molar-refractivity contribution in [2.45, 2.75) is 98.6 Å². The summed E-state index contributed by atoms with van der Waals surface area (Å²) in [4.78, 5) is 10.6. The first-order valence-electron chi connectivity index (χ1n) is 10.6. The van der Waals surface area contributed by atoms with E-state index >= 15 is 0 Å². The topological polar surface area (TPSA) is 41.1 Å². The van der Waals surface area contributed by atoms with E-state index in [9.17, 15) is 22.4 Å². The Kier molecular flexibility index (Phi) is 13.9. The molecule has 2 rings (SSSR count). The minimum Gasteiger partial charge on any atom is -0.350 e. The first-order chi connectivity index (χ1) is 13.8. The Hall–Kier alpha value is -1.63. The molecule has 176 valence electrons. The molecule has 1 saturated heterocycles. The van der Waals surface area contributed by atoms with E-state index < -0.39 is 22.9 Å². The van der Waals surface area contributed by atoms with Crippen LogP contribution in [0.4, 0.5) is 17.6 Å². The van der Waals surface area contributed by atoms with Crippen molar-refractivity contribution in [3.63, 3.8) is 0 Å². The number of carbonyl (C=O) groups excluding carboxylic acids is 1. The number of halogens is 4. The van der Waals surface area contributed by atoms with Gasteiger partial charge in [-0.25, -0.2) is 4.39 Å². The van der Waals surface area contributed by atoms with Crippen LogP contribution in [0.5, 0.6) is 0 Å². The van der Waals surface area contributed by atoms with Gasteiger partial charge in [-0.1, -0.05) is 33.8 Å². The molecule has 1 fully saturated rings. The van der Waals surface area contributed by atoms with E-state index in [2.05, 4.69) is 17.6 Å². The Labute approximate surface area is 180 Å². The summed E-state index contributed by atoms with van der Waals surface area (Å²) in [6, 6.07) is 3.85. The van der Waals surface area contributed by atoms with Crippen LogP contribution in [0, 0.1) is 0 Å². The van der Waals surface area contributed by atoms with Gasteiger partial charge in [0.25, 0.3) is 0 Å². The van der Waals surface area contributed by atoms with Crippen molar-refractivity contribution in [1.82, 2.24) is 10.6 Å². The SMILES string of the molecule is CC.CC.CC(C)(F)c1cc(C(F)(F)F)cc(C(C)(C)NC=O)c1.CC1CCCN1. The Balaban J connectivity index is 0. The molecular formula is C23H40F4N2O. The second kappa shape index (κ2) is 13.6. The Morgan fingerprint density at radius 3 is 1.70 bits per heavy atom. The molecule has 1 amide bonds. The summed E-state index contributed by atoms with van der Waals surface area (Å²) in [5.74, 6) is 0. The number of rotatable bonds is 4. The normalized spacial score (nSPS) is 16.1. The summed E-state index contributed by atoms with van der Waals surface area (Å²) >= 11 is 0. The zero-order valence-corrected chi connectivity index (χ0v) is 19.9. The second-order valence-electron chi connectivity index (χ2n) is 7.65. The van der Waals surface area contributed by atoms with Crippen molar-refractivity contribution >= 4 is 6.41 Å². The van der Waals surface area contributed by atoms with Crippen molar-refractivity contribution in [3.05, 3.63) is 34.9 Å². The fourth-order valence-electron chi connectivity index (χ4n) is 2.58. The number of benzene rings is 1. The van der Waals surface area contributed by atoms with Crippen LogP contribution in [0.15, 0.2) is 18.2 Å². The average Bonchev–Trinajstić information content (AvgIpc) is 3.15. The largest absolute Gasteiger partial charge is 0.416 e. The quantitative estimate of drug-likeness (QED) is 0.407. The van der Waals surface area contributed by atoms with Gasteiger partial charge in [0.15, 0.2) is 0 Å². The number of amides is 1. The van der Waals surface area contributed by atoms with Crippen LogP contribution in [0.25, 0.3) is 0 Å². The third-order valence-corrected chi connectivity index (χ3v) is 4.39. The molecule has 0 radical (unpaired) electrons. The number of alkyl halides is 4. The molecule has 0 aromatic heterocycles. The molecule has 1 aromatic rings. The second-order valence-corrected chi connectivity index (χ2v) is 7.65. The maximum atomic E-state index is 14.0. The number of nitrogens with one attached hydrogen (secondary N) is 2. The molecule has 1 aromatic carbocycles. The molecule has 3 nitrogen and oxygen atoms in total. The highest BCUT2D eigenvalue weighted by Gasteiger charge is 2.35. The van der Waals surface area contributed by atoms with Crippen LogP contribution < -0.4 is 10.6 Å². The summed E-state index contributed by atoms with van der Waals surface area (Å²) in [5, 5.41) is 5.74. The van der Waals surface area contributed by atoms with E-state index in [1.165, 1.54) is 39.3 Å². The Morgan fingerprint density at radius 2 is 1.40 bits per heavy atom. The lowest BCUT2D eigenvalue weighted by Crippen LogP contribution is -2.36. The van der Waals surface area contributed by atoms with Crippen molar-refractivity contribution in [2.75, 3.05) is 6.54 Å². The minimum atomic E-state index is -4.58. The van der Waals surface area contributed by atoms with Crippen LogP contribution >= 0.6 is 0 Å². The molecule has 1 unspecified atom stereocenters. The predicted molar refractivity (Wildman–Crippen MR) is 117 cm³/mol. The summed E-state index contributed by atoms with van der Waals surface area (Å²) in [5.41, 5.74) is -3.75. The summed E-state index contributed by atoms with van der Waals surface area (Å²) in [6.07, 6.45) is -1.42. The Morgan fingerprint density at radius 1 is 0.933 bits per heavy atom. The molecule has 0 aliphatic carbocycles. The zero-order valence-electron chi connectivity index (χ0n) is 19.9. The zero-order chi connectivity index (χ0) is 24.2. The van der Waals surface area contributed by atoms with E-state index in [-0.39, 0.29) is 11.1 Å². The van der Waals surface area contributed by atoms with Crippen LogP contribution in [-0.4, -0.2) is 19.0 Å². The van der Waals surface area contributed by atoms with Crippen LogP contribution in [0.1, 0.15) is 91.8 Å². The lowest BCUT2D eigenvalue weighted by molar-refractivity contribution is -0.137. The highest BCUT2D eigenvalue weighted by atomic mass is 19.4. The van der Waals surface area contributed by atoms with Gasteiger partial charge in [-0.05, 0) is 77.3 Å². The fourth-order valence-corrected chi connectivity index (χ4v) is 2.58.